The van der Waals surface area contributed by atoms with Crippen molar-refractivity contribution in [2.24, 2.45) is 7.05 Å². The summed E-state index contributed by atoms with van der Waals surface area (Å²) in [4.78, 5) is 2.39. The average Bonchev–Trinajstić information content (AvgIpc) is 2.97. The fourth-order valence-corrected chi connectivity index (χ4v) is 3.98. The summed E-state index contributed by atoms with van der Waals surface area (Å²) in [7, 11) is 1.94. The number of halogens is 1. The lowest BCUT2D eigenvalue weighted by Crippen LogP contribution is -2.38. The molecule has 3 nitrogen and oxygen atoms in total. The SMILES string of the molecule is Cn1cc(C2SC=CN2C2CCC(C)(F)CC2)cn1. The van der Waals surface area contributed by atoms with Crippen molar-refractivity contribution in [3.8, 4) is 0 Å². The maximum atomic E-state index is 13.9. The van der Waals surface area contributed by atoms with E-state index in [1.807, 2.05) is 29.7 Å². The summed E-state index contributed by atoms with van der Waals surface area (Å²) in [5.74, 6) is 0. The van der Waals surface area contributed by atoms with Crippen LogP contribution in [0.3, 0.4) is 0 Å². The Balaban J connectivity index is 1.71. The molecule has 0 saturated heterocycles. The highest BCUT2D eigenvalue weighted by Gasteiger charge is 2.36. The second-order valence-electron chi connectivity index (χ2n) is 5.81. The van der Waals surface area contributed by atoms with Gasteiger partial charge in [-0.05, 0) is 38.0 Å². The van der Waals surface area contributed by atoms with E-state index in [0.29, 0.717) is 24.3 Å². The predicted molar refractivity (Wildman–Crippen MR) is 76.3 cm³/mol. The van der Waals surface area contributed by atoms with Crippen LogP contribution < -0.4 is 0 Å². The van der Waals surface area contributed by atoms with Crippen molar-refractivity contribution < 1.29 is 4.39 Å². The van der Waals surface area contributed by atoms with E-state index in [4.69, 9.17) is 0 Å². The molecule has 0 amide bonds. The van der Waals surface area contributed by atoms with Crippen molar-refractivity contribution in [1.29, 1.82) is 0 Å². The molecule has 3 rings (SSSR count). The summed E-state index contributed by atoms with van der Waals surface area (Å²) >= 11 is 1.81. The largest absolute Gasteiger partial charge is 0.358 e. The standard InChI is InChI=1S/C14H20FN3S/c1-14(15)5-3-12(4-6-14)18-7-8-19-13(18)11-9-16-17(2)10-11/h7-10,12-13H,3-6H2,1-2H3. The number of thioether (sulfide) groups is 1. The summed E-state index contributed by atoms with van der Waals surface area (Å²) in [5.41, 5.74) is 0.266. The van der Waals surface area contributed by atoms with Gasteiger partial charge in [-0.15, -0.1) is 11.8 Å². The number of aryl methyl sites for hydroxylation is 1. The van der Waals surface area contributed by atoms with E-state index in [9.17, 15) is 4.39 Å². The summed E-state index contributed by atoms with van der Waals surface area (Å²) in [6.45, 7) is 1.73. The molecule has 19 heavy (non-hydrogen) atoms. The molecule has 0 bridgehead atoms. The maximum Gasteiger partial charge on any atom is 0.108 e. The first-order valence-electron chi connectivity index (χ1n) is 6.82. The Morgan fingerprint density at radius 3 is 2.79 bits per heavy atom. The molecule has 1 atom stereocenters. The number of nitrogens with zero attached hydrogens (tertiary/aromatic N) is 3. The van der Waals surface area contributed by atoms with Crippen LogP contribution >= 0.6 is 11.8 Å². The summed E-state index contributed by atoms with van der Waals surface area (Å²) in [6, 6.07) is 0.459. The molecular weight excluding hydrogens is 261 g/mol. The zero-order valence-corrected chi connectivity index (χ0v) is 12.2. The molecule has 1 aromatic rings. The van der Waals surface area contributed by atoms with Gasteiger partial charge in [-0.3, -0.25) is 4.68 Å². The molecule has 104 valence electrons. The monoisotopic (exact) mass is 281 g/mol. The molecule has 5 heteroatoms. The summed E-state index contributed by atoms with van der Waals surface area (Å²) in [5, 5.41) is 6.70. The molecule has 2 aliphatic rings. The van der Waals surface area contributed by atoms with Gasteiger partial charge in [0.05, 0.1) is 6.20 Å². The minimum absolute atomic E-state index is 0.308. The highest BCUT2D eigenvalue weighted by Crippen LogP contribution is 2.44. The molecule has 1 fully saturated rings. The van der Waals surface area contributed by atoms with Crippen LogP contribution in [-0.2, 0) is 7.05 Å². The fraction of sp³-hybridized carbons (Fsp3) is 0.643. The Kier molecular flexibility index (Phi) is 3.33. The molecule has 0 spiro atoms. The maximum absolute atomic E-state index is 13.9. The third-order valence-corrected chi connectivity index (χ3v) is 5.19. The van der Waals surface area contributed by atoms with Gasteiger partial charge in [-0.25, -0.2) is 4.39 Å². The quantitative estimate of drug-likeness (QED) is 0.826. The number of hydrogen-bond donors (Lipinski definition) is 0. The number of aromatic nitrogens is 2. The highest BCUT2D eigenvalue weighted by molar-refractivity contribution is 8.02. The Hall–Kier alpha value is -0.970. The third kappa shape index (κ3) is 2.66. The van der Waals surface area contributed by atoms with Crippen LogP contribution in [0.5, 0.6) is 0 Å². The van der Waals surface area contributed by atoms with E-state index < -0.39 is 5.67 Å². The third-order valence-electron chi connectivity index (χ3n) is 4.14. The van der Waals surface area contributed by atoms with Gasteiger partial charge in [0.1, 0.15) is 11.0 Å². The molecule has 1 saturated carbocycles. The van der Waals surface area contributed by atoms with Gasteiger partial charge >= 0.3 is 0 Å². The molecule has 1 aliphatic carbocycles. The summed E-state index contributed by atoms with van der Waals surface area (Å²) < 4.78 is 15.7. The first-order valence-corrected chi connectivity index (χ1v) is 7.76. The minimum Gasteiger partial charge on any atom is -0.358 e. The topological polar surface area (TPSA) is 21.1 Å². The number of hydrogen-bond acceptors (Lipinski definition) is 3. The molecule has 0 N–H and O–H groups in total. The lowest BCUT2D eigenvalue weighted by Gasteiger charge is -2.39. The molecule has 0 radical (unpaired) electrons. The van der Waals surface area contributed by atoms with Gasteiger partial charge < -0.3 is 4.90 Å². The first-order chi connectivity index (χ1) is 9.05. The first kappa shape index (κ1) is 13.0. The Morgan fingerprint density at radius 2 is 2.16 bits per heavy atom. The van der Waals surface area contributed by atoms with E-state index >= 15 is 0 Å². The normalized spacial score (nSPS) is 35.0. The van der Waals surface area contributed by atoms with Crippen molar-refractivity contribution in [2.75, 3.05) is 0 Å². The smallest absolute Gasteiger partial charge is 0.108 e. The van der Waals surface area contributed by atoms with E-state index in [1.54, 1.807) is 6.92 Å². The van der Waals surface area contributed by atoms with Crippen molar-refractivity contribution in [3.63, 3.8) is 0 Å². The van der Waals surface area contributed by atoms with Gasteiger partial charge in [-0.2, -0.15) is 5.10 Å². The van der Waals surface area contributed by atoms with Crippen LogP contribution in [0, 0.1) is 0 Å². The molecule has 1 unspecified atom stereocenters. The van der Waals surface area contributed by atoms with E-state index in [2.05, 4.69) is 27.8 Å². The fourth-order valence-electron chi connectivity index (χ4n) is 2.96. The van der Waals surface area contributed by atoms with Gasteiger partial charge in [0.15, 0.2) is 0 Å². The van der Waals surface area contributed by atoms with Crippen molar-refractivity contribution in [2.45, 2.75) is 49.7 Å². The molecule has 2 heterocycles. The van der Waals surface area contributed by atoms with Crippen LogP contribution in [0.15, 0.2) is 24.0 Å². The minimum atomic E-state index is -0.961. The van der Waals surface area contributed by atoms with E-state index in [-0.39, 0.29) is 0 Å². The van der Waals surface area contributed by atoms with E-state index in [0.717, 1.165) is 12.8 Å². The molecular formula is C14H20FN3S. The van der Waals surface area contributed by atoms with Gasteiger partial charge in [0.25, 0.3) is 0 Å². The lowest BCUT2D eigenvalue weighted by atomic mass is 9.84. The van der Waals surface area contributed by atoms with Gasteiger partial charge in [0.2, 0.25) is 0 Å². The lowest BCUT2D eigenvalue weighted by molar-refractivity contribution is 0.0816. The van der Waals surface area contributed by atoms with Crippen molar-refractivity contribution in [1.82, 2.24) is 14.7 Å². The Bertz CT molecular complexity index is 473. The average molecular weight is 281 g/mol. The second kappa shape index (κ2) is 4.85. The zero-order valence-electron chi connectivity index (χ0n) is 11.4. The Morgan fingerprint density at radius 1 is 1.42 bits per heavy atom. The second-order valence-corrected chi connectivity index (χ2v) is 6.80. The van der Waals surface area contributed by atoms with Crippen LogP contribution in [0.2, 0.25) is 0 Å². The Labute approximate surface area is 117 Å². The zero-order chi connectivity index (χ0) is 13.5. The number of alkyl halides is 1. The molecule has 1 aromatic heterocycles. The van der Waals surface area contributed by atoms with Crippen LogP contribution in [-0.4, -0.2) is 26.4 Å². The van der Waals surface area contributed by atoms with Crippen molar-refractivity contribution in [3.05, 3.63) is 29.6 Å². The van der Waals surface area contributed by atoms with Gasteiger partial charge in [0, 0.05) is 31.0 Å². The van der Waals surface area contributed by atoms with Crippen molar-refractivity contribution >= 4 is 11.8 Å². The molecule has 0 aromatic carbocycles. The number of rotatable bonds is 2. The van der Waals surface area contributed by atoms with Crippen LogP contribution in [0.1, 0.15) is 43.5 Å². The van der Waals surface area contributed by atoms with Crippen LogP contribution in [0.25, 0.3) is 0 Å². The van der Waals surface area contributed by atoms with Gasteiger partial charge in [-0.1, -0.05) is 0 Å². The van der Waals surface area contributed by atoms with E-state index in [1.165, 1.54) is 5.56 Å². The summed E-state index contributed by atoms with van der Waals surface area (Å²) in [6.07, 6.45) is 9.38. The molecule has 1 aliphatic heterocycles. The highest BCUT2D eigenvalue weighted by atomic mass is 32.2. The van der Waals surface area contributed by atoms with Crippen LogP contribution in [0.4, 0.5) is 4.39 Å². The predicted octanol–water partition coefficient (Wildman–Crippen LogP) is 3.61.